The van der Waals surface area contributed by atoms with Gasteiger partial charge in [0, 0.05) is 12.3 Å². The first-order valence-electron chi connectivity index (χ1n) is 8.58. The third-order valence-electron chi connectivity index (χ3n) is 4.71. The van der Waals surface area contributed by atoms with Crippen LogP contribution in [-0.2, 0) is 11.2 Å². The minimum atomic E-state index is -0.271. The normalized spacial score (nSPS) is 20.4. The molecule has 2 aromatic rings. The highest BCUT2D eigenvalue weighted by Gasteiger charge is 2.35. The fourth-order valence-electron chi connectivity index (χ4n) is 3.30. The van der Waals surface area contributed by atoms with Gasteiger partial charge in [-0.15, -0.1) is 0 Å². The Bertz CT molecular complexity index is 724. The second-order valence-corrected chi connectivity index (χ2v) is 6.73. The molecular formula is C20H24N2O3. The molecule has 0 aliphatic heterocycles. The molecule has 1 heterocycles. The molecule has 0 bridgehead atoms. The Morgan fingerprint density at radius 3 is 2.76 bits per heavy atom. The summed E-state index contributed by atoms with van der Waals surface area (Å²) in [6.45, 7) is 2.02. The van der Waals surface area contributed by atoms with Gasteiger partial charge in [-0.2, -0.15) is 0 Å². The molecule has 0 spiro atoms. The second-order valence-electron chi connectivity index (χ2n) is 6.73. The number of amides is 1. The molecule has 1 atom stereocenters. The number of pyridine rings is 1. The summed E-state index contributed by atoms with van der Waals surface area (Å²) in [5.74, 6) is 0.752. The molecule has 5 nitrogen and oxygen atoms in total. The number of aliphatic hydroxyl groups excluding tert-OH is 1. The SMILES string of the molecule is COc1ccc([C@H](NC(=O)Cc2cccc(C)c2)C2CC(O)C2)cn1. The molecule has 0 unspecified atom stereocenters. The highest BCUT2D eigenvalue weighted by atomic mass is 16.5. The molecule has 1 aromatic heterocycles. The van der Waals surface area contributed by atoms with Crippen molar-refractivity contribution in [2.45, 2.75) is 38.3 Å². The van der Waals surface area contributed by atoms with E-state index in [2.05, 4.69) is 10.3 Å². The number of aromatic nitrogens is 1. The van der Waals surface area contributed by atoms with Crippen LogP contribution in [0.5, 0.6) is 5.88 Å². The van der Waals surface area contributed by atoms with Gasteiger partial charge in [-0.25, -0.2) is 4.98 Å². The summed E-state index contributed by atoms with van der Waals surface area (Å²) in [7, 11) is 1.57. The number of nitrogens with zero attached hydrogens (tertiary/aromatic N) is 1. The van der Waals surface area contributed by atoms with E-state index < -0.39 is 0 Å². The van der Waals surface area contributed by atoms with Gasteiger partial charge in [0.2, 0.25) is 11.8 Å². The summed E-state index contributed by atoms with van der Waals surface area (Å²) in [5, 5.41) is 12.8. The van der Waals surface area contributed by atoms with Gasteiger partial charge in [-0.3, -0.25) is 4.79 Å². The van der Waals surface area contributed by atoms with E-state index in [0.29, 0.717) is 25.1 Å². The number of carbonyl (C=O) groups is 1. The minimum absolute atomic E-state index is 0.0205. The van der Waals surface area contributed by atoms with Gasteiger partial charge >= 0.3 is 0 Å². The Labute approximate surface area is 148 Å². The van der Waals surface area contributed by atoms with Crippen molar-refractivity contribution in [1.82, 2.24) is 10.3 Å². The van der Waals surface area contributed by atoms with Crippen LogP contribution in [0.2, 0.25) is 0 Å². The van der Waals surface area contributed by atoms with Crippen LogP contribution in [0.15, 0.2) is 42.6 Å². The summed E-state index contributed by atoms with van der Waals surface area (Å²) < 4.78 is 5.10. The van der Waals surface area contributed by atoms with Crippen LogP contribution >= 0.6 is 0 Å². The van der Waals surface area contributed by atoms with Crippen LogP contribution in [-0.4, -0.2) is 29.2 Å². The van der Waals surface area contributed by atoms with Crippen molar-refractivity contribution < 1.29 is 14.6 Å². The Hall–Kier alpha value is -2.40. The number of nitrogens with one attached hydrogen (secondary N) is 1. The van der Waals surface area contributed by atoms with E-state index in [0.717, 1.165) is 16.7 Å². The summed E-state index contributed by atoms with van der Waals surface area (Å²) in [5.41, 5.74) is 3.08. The average molecular weight is 340 g/mol. The van der Waals surface area contributed by atoms with Crippen LogP contribution in [0.3, 0.4) is 0 Å². The van der Waals surface area contributed by atoms with Gasteiger partial charge in [0.15, 0.2) is 0 Å². The zero-order valence-corrected chi connectivity index (χ0v) is 14.6. The maximum Gasteiger partial charge on any atom is 0.224 e. The lowest BCUT2D eigenvalue weighted by atomic mass is 9.75. The van der Waals surface area contributed by atoms with E-state index in [-0.39, 0.29) is 24.0 Å². The first-order valence-corrected chi connectivity index (χ1v) is 8.58. The number of methoxy groups -OCH3 is 1. The third-order valence-corrected chi connectivity index (χ3v) is 4.71. The van der Waals surface area contributed by atoms with Gasteiger partial charge in [0.25, 0.3) is 0 Å². The Kier molecular flexibility index (Phi) is 5.34. The first-order chi connectivity index (χ1) is 12.0. The quantitative estimate of drug-likeness (QED) is 0.848. The molecule has 1 amide bonds. The van der Waals surface area contributed by atoms with Crippen molar-refractivity contribution in [3.8, 4) is 5.88 Å². The summed E-state index contributed by atoms with van der Waals surface area (Å²) in [4.78, 5) is 16.8. The van der Waals surface area contributed by atoms with Gasteiger partial charge in [-0.05, 0) is 36.8 Å². The summed E-state index contributed by atoms with van der Waals surface area (Å²) >= 11 is 0. The Morgan fingerprint density at radius 2 is 2.16 bits per heavy atom. The van der Waals surface area contributed by atoms with Crippen LogP contribution in [0.4, 0.5) is 0 Å². The lowest BCUT2D eigenvalue weighted by Crippen LogP contribution is -2.41. The van der Waals surface area contributed by atoms with Gasteiger partial charge in [0.05, 0.1) is 25.7 Å². The van der Waals surface area contributed by atoms with Gasteiger partial charge < -0.3 is 15.2 Å². The molecule has 132 valence electrons. The van der Waals surface area contributed by atoms with Crippen molar-refractivity contribution in [2.24, 2.45) is 5.92 Å². The highest BCUT2D eigenvalue weighted by molar-refractivity contribution is 5.79. The number of ether oxygens (including phenoxy) is 1. The molecule has 1 saturated carbocycles. The van der Waals surface area contributed by atoms with Crippen molar-refractivity contribution in [2.75, 3.05) is 7.11 Å². The van der Waals surface area contributed by atoms with E-state index in [1.165, 1.54) is 0 Å². The Balaban J connectivity index is 1.71. The van der Waals surface area contributed by atoms with Gasteiger partial charge in [-0.1, -0.05) is 35.9 Å². The van der Waals surface area contributed by atoms with Crippen LogP contribution in [0.1, 0.15) is 35.6 Å². The lowest BCUT2D eigenvalue weighted by Gasteiger charge is -2.38. The number of carbonyl (C=O) groups excluding carboxylic acids is 1. The topological polar surface area (TPSA) is 71.5 Å². The maximum absolute atomic E-state index is 12.5. The number of benzene rings is 1. The number of rotatable bonds is 6. The van der Waals surface area contributed by atoms with E-state index in [1.807, 2.05) is 37.3 Å². The predicted octanol–water partition coefficient (Wildman–Crippen LogP) is 2.57. The van der Waals surface area contributed by atoms with Crippen LogP contribution in [0.25, 0.3) is 0 Å². The fourth-order valence-corrected chi connectivity index (χ4v) is 3.30. The molecule has 0 saturated heterocycles. The van der Waals surface area contributed by atoms with E-state index in [1.54, 1.807) is 19.4 Å². The van der Waals surface area contributed by atoms with Crippen molar-refractivity contribution in [3.63, 3.8) is 0 Å². The second kappa shape index (κ2) is 7.66. The average Bonchev–Trinajstić information content (AvgIpc) is 2.57. The number of aryl methyl sites for hydroxylation is 1. The van der Waals surface area contributed by atoms with E-state index >= 15 is 0 Å². The summed E-state index contributed by atoms with van der Waals surface area (Å²) in [6, 6.07) is 11.5. The smallest absolute Gasteiger partial charge is 0.224 e. The first kappa shape index (κ1) is 17.4. The van der Waals surface area contributed by atoms with Gasteiger partial charge in [0.1, 0.15) is 0 Å². The molecular weight excluding hydrogens is 316 g/mol. The van der Waals surface area contributed by atoms with Crippen LogP contribution in [0, 0.1) is 12.8 Å². The predicted molar refractivity (Wildman–Crippen MR) is 95.3 cm³/mol. The minimum Gasteiger partial charge on any atom is -0.481 e. The zero-order chi connectivity index (χ0) is 17.8. The Morgan fingerprint density at radius 1 is 1.36 bits per heavy atom. The van der Waals surface area contributed by atoms with Crippen molar-refractivity contribution in [3.05, 3.63) is 59.3 Å². The molecule has 1 aromatic carbocycles. The molecule has 3 rings (SSSR count). The third kappa shape index (κ3) is 4.37. The molecule has 1 fully saturated rings. The van der Waals surface area contributed by atoms with E-state index in [4.69, 9.17) is 4.74 Å². The largest absolute Gasteiger partial charge is 0.481 e. The van der Waals surface area contributed by atoms with Crippen molar-refractivity contribution in [1.29, 1.82) is 0 Å². The lowest BCUT2D eigenvalue weighted by molar-refractivity contribution is -0.122. The number of hydrogen-bond acceptors (Lipinski definition) is 4. The van der Waals surface area contributed by atoms with E-state index in [9.17, 15) is 9.90 Å². The van der Waals surface area contributed by atoms with Crippen molar-refractivity contribution >= 4 is 5.91 Å². The molecule has 1 aliphatic carbocycles. The monoisotopic (exact) mass is 340 g/mol. The highest BCUT2D eigenvalue weighted by Crippen LogP contribution is 2.38. The molecule has 0 radical (unpaired) electrons. The fraction of sp³-hybridized carbons (Fsp3) is 0.400. The molecule has 5 heteroatoms. The molecule has 1 aliphatic rings. The number of aliphatic hydroxyl groups is 1. The van der Waals surface area contributed by atoms with Crippen LogP contribution < -0.4 is 10.1 Å². The molecule has 25 heavy (non-hydrogen) atoms. The number of hydrogen-bond donors (Lipinski definition) is 2. The molecule has 2 N–H and O–H groups in total. The standard InChI is InChI=1S/C20H24N2O3/c1-13-4-3-5-14(8-13)9-18(24)22-20(16-10-17(23)11-16)15-6-7-19(25-2)21-12-15/h3-8,12,16-17,20,23H,9-11H2,1-2H3,(H,22,24)/t16?,17?,20-/m0/s1. The summed E-state index contributed by atoms with van der Waals surface area (Å²) in [6.07, 6.45) is 3.20. The maximum atomic E-state index is 12.5. The zero-order valence-electron chi connectivity index (χ0n) is 14.6.